The van der Waals surface area contributed by atoms with Gasteiger partial charge < -0.3 is 0 Å². The second-order valence-corrected chi connectivity index (χ2v) is 3.77. The second kappa shape index (κ2) is 4.94. The predicted molar refractivity (Wildman–Crippen MR) is 51.3 cm³/mol. The minimum Gasteiger partial charge on any atom is -0.230 e. The molecule has 0 fully saturated rings. The maximum Gasteiger partial charge on any atom is 0.151 e. The van der Waals surface area contributed by atoms with Crippen LogP contribution in [0.2, 0.25) is 0 Å². The van der Waals surface area contributed by atoms with Gasteiger partial charge in [-0.15, -0.1) is 5.10 Å². The summed E-state index contributed by atoms with van der Waals surface area (Å²) in [7, 11) is 0. The van der Waals surface area contributed by atoms with E-state index in [1.807, 2.05) is 4.68 Å². The Morgan fingerprint density at radius 1 is 1.38 bits per heavy atom. The zero-order valence-electron chi connectivity index (χ0n) is 8.69. The monoisotopic (exact) mass is 182 g/mol. The molecule has 0 amide bonds. The van der Waals surface area contributed by atoms with Crippen molar-refractivity contribution >= 4 is 0 Å². The lowest BCUT2D eigenvalue weighted by Gasteiger charge is -2.04. The van der Waals surface area contributed by atoms with Gasteiger partial charge in [0.25, 0.3) is 0 Å². The van der Waals surface area contributed by atoms with Crippen molar-refractivity contribution in [1.29, 1.82) is 0 Å². The normalized spacial score (nSPS) is 11.1. The van der Waals surface area contributed by atoms with Crippen molar-refractivity contribution in [3.8, 4) is 0 Å². The van der Waals surface area contributed by atoms with Crippen LogP contribution in [-0.4, -0.2) is 20.2 Å². The first kappa shape index (κ1) is 10.2. The minimum absolute atomic E-state index is 0.617. The number of unbranched alkanes of at least 4 members (excludes halogenated alkanes) is 1. The summed E-state index contributed by atoms with van der Waals surface area (Å²) < 4.78 is 1.92. The van der Waals surface area contributed by atoms with Crippen LogP contribution in [0, 0.1) is 5.92 Å². The SMILES string of the molecule is CCCCn1nnnc1CC(C)C. The van der Waals surface area contributed by atoms with Crippen molar-refractivity contribution in [2.75, 3.05) is 0 Å². The molecule has 0 atom stereocenters. The fourth-order valence-corrected chi connectivity index (χ4v) is 1.22. The van der Waals surface area contributed by atoms with E-state index in [0.717, 1.165) is 25.2 Å². The topological polar surface area (TPSA) is 43.6 Å². The van der Waals surface area contributed by atoms with E-state index in [4.69, 9.17) is 0 Å². The number of hydrogen-bond donors (Lipinski definition) is 0. The van der Waals surface area contributed by atoms with Crippen LogP contribution in [0.5, 0.6) is 0 Å². The van der Waals surface area contributed by atoms with E-state index in [0.29, 0.717) is 5.92 Å². The summed E-state index contributed by atoms with van der Waals surface area (Å²) in [5, 5.41) is 11.7. The Morgan fingerprint density at radius 3 is 2.77 bits per heavy atom. The average molecular weight is 182 g/mol. The quantitative estimate of drug-likeness (QED) is 0.695. The molecule has 0 aromatic carbocycles. The molecule has 0 bridgehead atoms. The molecule has 0 saturated carbocycles. The summed E-state index contributed by atoms with van der Waals surface area (Å²) in [6.45, 7) is 7.48. The van der Waals surface area contributed by atoms with Crippen molar-refractivity contribution in [2.45, 2.75) is 46.6 Å². The van der Waals surface area contributed by atoms with Gasteiger partial charge in [0.1, 0.15) is 0 Å². The van der Waals surface area contributed by atoms with Crippen LogP contribution in [0.1, 0.15) is 39.4 Å². The van der Waals surface area contributed by atoms with E-state index in [1.54, 1.807) is 0 Å². The number of aryl methyl sites for hydroxylation is 1. The van der Waals surface area contributed by atoms with Gasteiger partial charge in [-0.25, -0.2) is 4.68 Å². The lowest BCUT2D eigenvalue weighted by molar-refractivity contribution is 0.509. The maximum absolute atomic E-state index is 4.01. The van der Waals surface area contributed by atoms with Gasteiger partial charge in [-0.2, -0.15) is 0 Å². The first-order valence-electron chi connectivity index (χ1n) is 4.99. The number of tetrazole rings is 1. The van der Waals surface area contributed by atoms with Gasteiger partial charge in [-0.05, 0) is 22.8 Å². The lowest BCUT2D eigenvalue weighted by atomic mass is 10.1. The Balaban J connectivity index is 2.55. The second-order valence-electron chi connectivity index (χ2n) is 3.77. The van der Waals surface area contributed by atoms with Crippen molar-refractivity contribution in [3.05, 3.63) is 5.82 Å². The highest BCUT2D eigenvalue weighted by atomic mass is 15.5. The summed E-state index contributed by atoms with van der Waals surface area (Å²) >= 11 is 0. The fourth-order valence-electron chi connectivity index (χ4n) is 1.22. The maximum atomic E-state index is 4.01. The summed E-state index contributed by atoms with van der Waals surface area (Å²) in [6, 6.07) is 0. The summed E-state index contributed by atoms with van der Waals surface area (Å²) in [5.74, 6) is 1.63. The zero-order chi connectivity index (χ0) is 9.68. The average Bonchev–Trinajstić information content (AvgIpc) is 2.48. The van der Waals surface area contributed by atoms with Gasteiger partial charge in [-0.1, -0.05) is 27.2 Å². The Morgan fingerprint density at radius 2 is 2.15 bits per heavy atom. The molecule has 0 unspecified atom stereocenters. The third-order valence-electron chi connectivity index (χ3n) is 1.92. The molecule has 74 valence electrons. The van der Waals surface area contributed by atoms with E-state index < -0.39 is 0 Å². The molecule has 4 nitrogen and oxygen atoms in total. The number of nitrogens with zero attached hydrogens (tertiary/aromatic N) is 4. The molecule has 0 spiro atoms. The number of rotatable bonds is 5. The molecular weight excluding hydrogens is 164 g/mol. The summed E-state index contributed by atoms with van der Waals surface area (Å²) in [6.07, 6.45) is 3.30. The first-order chi connectivity index (χ1) is 6.24. The van der Waals surface area contributed by atoms with E-state index in [2.05, 4.69) is 36.3 Å². The van der Waals surface area contributed by atoms with Crippen molar-refractivity contribution < 1.29 is 0 Å². The van der Waals surface area contributed by atoms with Crippen LogP contribution < -0.4 is 0 Å². The number of aromatic nitrogens is 4. The molecule has 0 aliphatic rings. The fraction of sp³-hybridized carbons (Fsp3) is 0.889. The van der Waals surface area contributed by atoms with Crippen molar-refractivity contribution in [3.63, 3.8) is 0 Å². The van der Waals surface area contributed by atoms with Crippen molar-refractivity contribution in [2.24, 2.45) is 5.92 Å². The van der Waals surface area contributed by atoms with Crippen LogP contribution in [0.4, 0.5) is 0 Å². The Hall–Kier alpha value is -0.930. The van der Waals surface area contributed by atoms with Crippen molar-refractivity contribution in [1.82, 2.24) is 20.2 Å². The molecule has 0 aliphatic heterocycles. The largest absolute Gasteiger partial charge is 0.230 e. The molecule has 1 aromatic rings. The van der Waals surface area contributed by atoms with Crippen LogP contribution in [0.3, 0.4) is 0 Å². The van der Waals surface area contributed by atoms with E-state index in [-0.39, 0.29) is 0 Å². The van der Waals surface area contributed by atoms with Gasteiger partial charge in [0.2, 0.25) is 0 Å². The molecule has 0 saturated heterocycles. The van der Waals surface area contributed by atoms with Crippen LogP contribution in [0.15, 0.2) is 0 Å². The van der Waals surface area contributed by atoms with Crippen LogP contribution in [0.25, 0.3) is 0 Å². The molecule has 1 heterocycles. The minimum atomic E-state index is 0.617. The third-order valence-corrected chi connectivity index (χ3v) is 1.92. The molecule has 0 N–H and O–H groups in total. The Bertz CT molecular complexity index is 242. The molecule has 13 heavy (non-hydrogen) atoms. The van der Waals surface area contributed by atoms with E-state index in [1.165, 1.54) is 6.42 Å². The summed E-state index contributed by atoms with van der Waals surface area (Å²) in [5.41, 5.74) is 0. The van der Waals surface area contributed by atoms with Crippen LogP contribution in [-0.2, 0) is 13.0 Å². The third kappa shape index (κ3) is 3.13. The van der Waals surface area contributed by atoms with Crippen LogP contribution >= 0.6 is 0 Å². The highest BCUT2D eigenvalue weighted by Crippen LogP contribution is 2.04. The van der Waals surface area contributed by atoms with E-state index >= 15 is 0 Å². The molecule has 0 aliphatic carbocycles. The van der Waals surface area contributed by atoms with Gasteiger partial charge in [0.15, 0.2) is 5.82 Å². The number of hydrogen-bond acceptors (Lipinski definition) is 3. The Labute approximate surface area is 79.3 Å². The molecular formula is C9H18N4. The Kier molecular flexibility index (Phi) is 3.86. The van der Waals surface area contributed by atoms with Gasteiger partial charge >= 0.3 is 0 Å². The highest BCUT2D eigenvalue weighted by Gasteiger charge is 2.06. The molecule has 1 aromatic heterocycles. The zero-order valence-corrected chi connectivity index (χ0v) is 8.69. The molecule has 0 radical (unpaired) electrons. The first-order valence-corrected chi connectivity index (χ1v) is 4.99. The highest BCUT2D eigenvalue weighted by molar-refractivity contribution is 4.81. The van der Waals surface area contributed by atoms with Gasteiger partial charge in [0.05, 0.1) is 0 Å². The predicted octanol–water partition coefficient (Wildman–Crippen LogP) is 1.67. The summed E-state index contributed by atoms with van der Waals surface area (Å²) in [4.78, 5) is 0. The lowest BCUT2D eigenvalue weighted by Crippen LogP contribution is -2.08. The van der Waals surface area contributed by atoms with Gasteiger partial charge in [0, 0.05) is 13.0 Å². The smallest absolute Gasteiger partial charge is 0.151 e. The standard InChI is InChI=1S/C9H18N4/c1-4-5-6-13-9(7-8(2)3)10-11-12-13/h8H,4-7H2,1-3H3. The molecule has 4 heteroatoms. The van der Waals surface area contributed by atoms with E-state index in [9.17, 15) is 0 Å². The molecule has 1 rings (SSSR count). The van der Waals surface area contributed by atoms with Gasteiger partial charge in [-0.3, -0.25) is 0 Å².